The first-order valence-electron chi connectivity index (χ1n) is 11.6. The molecule has 9 heteroatoms. The van der Waals surface area contributed by atoms with E-state index in [1.165, 1.54) is 11.0 Å². The summed E-state index contributed by atoms with van der Waals surface area (Å²) in [6.07, 6.45) is 3.73. The zero-order chi connectivity index (χ0) is 24.4. The molecule has 5 rings (SSSR count). The second kappa shape index (κ2) is 9.83. The van der Waals surface area contributed by atoms with Gasteiger partial charge in [-0.3, -0.25) is 9.69 Å². The first-order chi connectivity index (χ1) is 16.9. The molecule has 3 heterocycles. The third-order valence-corrected chi connectivity index (χ3v) is 7.53. The largest absolute Gasteiger partial charge is 0.396 e. The number of likely N-dealkylation sites (tertiary alicyclic amines) is 1. The van der Waals surface area contributed by atoms with Gasteiger partial charge in [-0.1, -0.05) is 18.2 Å². The Labute approximate surface area is 206 Å². The molecule has 7 nitrogen and oxygen atoms in total. The number of piperidine rings is 1. The van der Waals surface area contributed by atoms with E-state index >= 15 is 0 Å². The van der Waals surface area contributed by atoms with Crippen LogP contribution in [0.1, 0.15) is 28.8 Å². The fourth-order valence-corrected chi connectivity index (χ4v) is 5.75. The molecule has 0 unspecified atom stereocenters. The van der Waals surface area contributed by atoms with Crippen LogP contribution in [0.3, 0.4) is 0 Å². The molecular weight excluding hydrogens is 471 g/mol. The number of halogens is 1. The normalized spacial score (nSPS) is 20.0. The lowest BCUT2D eigenvalue weighted by Gasteiger charge is -2.39. The Kier molecular flexibility index (Phi) is 6.62. The quantitative estimate of drug-likeness (QED) is 0.447. The van der Waals surface area contributed by atoms with Crippen LogP contribution in [0.2, 0.25) is 0 Å². The lowest BCUT2D eigenvalue weighted by atomic mass is 9.96. The van der Waals surface area contributed by atoms with Crippen molar-refractivity contribution in [3.05, 3.63) is 77.6 Å². The number of hydrogen-bond acceptors (Lipinski definition) is 7. The number of carbonyl (C=O) groups is 3. The molecule has 0 atom stereocenters. The van der Waals surface area contributed by atoms with Crippen molar-refractivity contribution < 1.29 is 28.2 Å². The number of benzene rings is 2. The predicted molar refractivity (Wildman–Crippen MR) is 127 cm³/mol. The monoisotopic (exact) mass is 496 g/mol. The smallest absolute Gasteiger partial charge is 0.375 e. The first kappa shape index (κ1) is 23.6. The van der Waals surface area contributed by atoms with Crippen LogP contribution in [0.25, 0.3) is 0 Å². The van der Waals surface area contributed by atoms with Crippen molar-refractivity contribution in [2.45, 2.75) is 23.6 Å². The fraction of sp³-hybridized carbons (Fsp3) is 0.346. The predicted octanol–water partition coefficient (Wildman–Crippen LogP) is 3.55. The number of nitrogens with zero attached hydrogens (tertiary/aromatic N) is 2. The number of esters is 2. The molecule has 0 aliphatic carbocycles. The molecule has 0 saturated carbocycles. The summed E-state index contributed by atoms with van der Waals surface area (Å²) in [7, 11) is 0. The van der Waals surface area contributed by atoms with Crippen LogP contribution in [0.5, 0.6) is 0 Å². The van der Waals surface area contributed by atoms with Gasteiger partial charge in [-0.15, -0.1) is 11.8 Å². The van der Waals surface area contributed by atoms with E-state index < -0.39 is 17.8 Å². The summed E-state index contributed by atoms with van der Waals surface area (Å²) < 4.78 is 24.6. The van der Waals surface area contributed by atoms with Gasteiger partial charge < -0.3 is 14.4 Å². The summed E-state index contributed by atoms with van der Waals surface area (Å²) in [5.41, 5.74) is 0.726. The third kappa shape index (κ3) is 4.83. The first-order valence-corrected chi connectivity index (χ1v) is 12.6. The SMILES string of the molecule is O=C1C=CC(=O)OC2(O1)c1ccccc1C(=O)N2CC1CCN(CCSc2cccc(F)c2)CC1. The topological polar surface area (TPSA) is 76.2 Å². The van der Waals surface area contributed by atoms with E-state index in [1.54, 1.807) is 48.2 Å². The Hall–Kier alpha value is -3.17. The summed E-state index contributed by atoms with van der Waals surface area (Å²) in [4.78, 5) is 42.6. The molecule has 3 aliphatic rings. The van der Waals surface area contributed by atoms with Gasteiger partial charge in [0.25, 0.3) is 5.91 Å². The number of fused-ring (bicyclic) bond motifs is 2. The minimum atomic E-state index is -1.88. The summed E-state index contributed by atoms with van der Waals surface area (Å²) in [5, 5.41) is 0. The van der Waals surface area contributed by atoms with Crippen molar-refractivity contribution in [3.8, 4) is 0 Å². The molecule has 2 aromatic carbocycles. The van der Waals surface area contributed by atoms with E-state index in [-0.39, 0.29) is 17.6 Å². The van der Waals surface area contributed by atoms with Crippen LogP contribution in [0, 0.1) is 11.7 Å². The van der Waals surface area contributed by atoms with Crippen LogP contribution in [0.15, 0.2) is 65.6 Å². The highest BCUT2D eigenvalue weighted by Crippen LogP contribution is 2.43. The number of carbonyl (C=O) groups excluding carboxylic acids is 3. The zero-order valence-electron chi connectivity index (χ0n) is 19.0. The summed E-state index contributed by atoms with van der Waals surface area (Å²) in [6, 6.07) is 13.4. The minimum absolute atomic E-state index is 0.158. The Balaban J connectivity index is 1.23. The maximum absolute atomic E-state index is 13.4. The summed E-state index contributed by atoms with van der Waals surface area (Å²) in [5.74, 6) is -2.90. The summed E-state index contributed by atoms with van der Waals surface area (Å²) in [6.45, 7) is 2.90. The maximum Gasteiger partial charge on any atom is 0.375 e. The molecule has 2 aromatic rings. The molecule has 35 heavy (non-hydrogen) atoms. The van der Waals surface area contributed by atoms with Crippen molar-refractivity contribution in [2.24, 2.45) is 5.92 Å². The molecule has 1 saturated heterocycles. The van der Waals surface area contributed by atoms with Crippen molar-refractivity contribution in [3.63, 3.8) is 0 Å². The van der Waals surface area contributed by atoms with E-state index in [9.17, 15) is 18.8 Å². The number of rotatable bonds is 6. The lowest BCUT2D eigenvalue weighted by molar-refractivity contribution is -0.275. The Morgan fingerprint density at radius 1 is 0.971 bits per heavy atom. The number of thioether (sulfide) groups is 1. The van der Waals surface area contributed by atoms with Crippen molar-refractivity contribution in [1.82, 2.24) is 9.80 Å². The van der Waals surface area contributed by atoms with E-state index in [4.69, 9.17) is 9.47 Å². The molecular formula is C26H25FN2O5S. The Bertz CT molecular complexity index is 1160. The van der Waals surface area contributed by atoms with Crippen LogP contribution in [0.4, 0.5) is 4.39 Å². The highest BCUT2D eigenvalue weighted by atomic mass is 32.2. The number of hydrogen-bond donors (Lipinski definition) is 0. The molecule has 3 aliphatic heterocycles. The van der Waals surface area contributed by atoms with Gasteiger partial charge in [0.2, 0.25) is 0 Å². The van der Waals surface area contributed by atoms with E-state index in [2.05, 4.69) is 4.90 Å². The van der Waals surface area contributed by atoms with E-state index in [0.29, 0.717) is 17.7 Å². The molecule has 0 bridgehead atoms. The highest BCUT2D eigenvalue weighted by molar-refractivity contribution is 7.99. The van der Waals surface area contributed by atoms with Crippen LogP contribution < -0.4 is 0 Å². The molecule has 0 radical (unpaired) electrons. The summed E-state index contributed by atoms with van der Waals surface area (Å²) >= 11 is 1.63. The van der Waals surface area contributed by atoms with Gasteiger partial charge in [-0.05, 0) is 62.2 Å². The third-order valence-electron chi connectivity index (χ3n) is 6.55. The molecule has 182 valence electrons. The van der Waals surface area contributed by atoms with Gasteiger partial charge in [0, 0.05) is 35.9 Å². The van der Waals surface area contributed by atoms with Crippen molar-refractivity contribution >= 4 is 29.6 Å². The van der Waals surface area contributed by atoms with Crippen LogP contribution in [-0.2, 0) is 25.0 Å². The van der Waals surface area contributed by atoms with Crippen LogP contribution >= 0.6 is 11.8 Å². The molecule has 1 fully saturated rings. The molecule has 1 amide bonds. The number of ether oxygens (including phenoxy) is 2. The second-order valence-electron chi connectivity index (χ2n) is 8.81. The Morgan fingerprint density at radius 2 is 1.69 bits per heavy atom. The van der Waals surface area contributed by atoms with Gasteiger partial charge in [0.1, 0.15) is 5.82 Å². The van der Waals surface area contributed by atoms with Crippen LogP contribution in [-0.4, -0.2) is 59.6 Å². The van der Waals surface area contributed by atoms with E-state index in [1.807, 2.05) is 6.07 Å². The zero-order valence-corrected chi connectivity index (χ0v) is 19.8. The van der Waals surface area contributed by atoms with Gasteiger partial charge in [0.05, 0.1) is 11.1 Å². The average molecular weight is 497 g/mol. The molecule has 0 N–H and O–H groups in total. The standard InChI is InChI=1S/C26H25FN2O5S/c27-19-4-3-5-20(16-19)35-15-14-28-12-10-18(11-13-28)17-29-25(32)21-6-1-2-7-22(21)26(29)33-23(30)8-9-24(31)34-26/h1-9,16,18H,10-15,17H2. The Morgan fingerprint density at radius 3 is 2.40 bits per heavy atom. The van der Waals surface area contributed by atoms with Gasteiger partial charge >= 0.3 is 17.8 Å². The van der Waals surface area contributed by atoms with Crippen molar-refractivity contribution in [1.29, 1.82) is 0 Å². The minimum Gasteiger partial charge on any atom is -0.396 e. The number of amides is 1. The second-order valence-corrected chi connectivity index (χ2v) is 9.98. The van der Waals surface area contributed by atoms with Gasteiger partial charge in [-0.2, -0.15) is 0 Å². The maximum atomic E-state index is 13.4. The van der Waals surface area contributed by atoms with E-state index in [0.717, 1.165) is 55.3 Å². The molecule has 1 spiro atoms. The molecule has 0 aromatic heterocycles. The fourth-order valence-electron chi connectivity index (χ4n) is 4.79. The van der Waals surface area contributed by atoms with Gasteiger partial charge in [0.15, 0.2) is 0 Å². The highest BCUT2D eigenvalue weighted by Gasteiger charge is 2.57. The van der Waals surface area contributed by atoms with Gasteiger partial charge in [-0.25, -0.2) is 14.0 Å². The average Bonchev–Trinajstić information content (AvgIpc) is 2.96. The lowest BCUT2D eigenvalue weighted by Crippen LogP contribution is -2.52. The van der Waals surface area contributed by atoms with Crippen molar-refractivity contribution in [2.75, 3.05) is 31.9 Å².